The van der Waals surface area contributed by atoms with Gasteiger partial charge in [-0.2, -0.15) is 0 Å². The molecular formula is C10H19ClN2O2. The molecule has 1 aliphatic heterocycles. The Labute approximate surface area is 96.4 Å². The molecule has 0 aromatic rings. The Bertz CT molecular complexity index is 217. The van der Waals surface area contributed by atoms with Crippen molar-refractivity contribution < 1.29 is 9.90 Å². The van der Waals surface area contributed by atoms with Crippen LogP contribution in [-0.4, -0.2) is 47.7 Å². The second kappa shape index (κ2) is 5.68. The van der Waals surface area contributed by atoms with Crippen LogP contribution in [0, 0.1) is 0 Å². The van der Waals surface area contributed by atoms with E-state index in [9.17, 15) is 9.90 Å². The summed E-state index contributed by atoms with van der Waals surface area (Å²) in [4.78, 5) is 13.6. The summed E-state index contributed by atoms with van der Waals surface area (Å²) in [6, 6.07) is 0.382. The van der Waals surface area contributed by atoms with Crippen molar-refractivity contribution in [1.29, 1.82) is 0 Å². The molecule has 0 bridgehead atoms. The zero-order chi connectivity index (χ0) is 9.97. The van der Waals surface area contributed by atoms with Gasteiger partial charge < -0.3 is 15.3 Å². The van der Waals surface area contributed by atoms with Gasteiger partial charge in [0.2, 0.25) is 5.91 Å². The summed E-state index contributed by atoms with van der Waals surface area (Å²) >= 11 is 0. The number of amides is 1. The number of nitrogens with zero attached hydrogens (tertiary/aromatic N) is 1. The number of aliphatic hydroxyl groups is 1. The quantitative estimate of drug-likeness (QED) is 0.679. The maximum absolute atomic E-state index is 11.6. The molecule has 1 heterocycles. The SMILES string of the molecule is Cl.O=C1CNCCN1C1CCC(O)CC1. The number of nitrogens with one attached hydrogen (secondary N) is 1. The third-order valence-corrected chi connectivity index (χ3v) is 3.23. The number of hydrogen-bond acceptors (Lipinski definition) is 3. The van der Waals surface area contributed by atoms with E-state index in [1.54, 1.807) is 0 Å². The highest BCUT2D eigenvalue weighted by molar-refractivity contribution is 5.85. The van der Waals surface area contributed by atoms with E-state index in [0.29, 0.717) is 12.6 Å². The van der Waals surface area contributed by atoms with Crippen LogP contribution >= 0.6 is 12.4 Å². The van der Waals surface area contributed by atoms with Gasteiger partial charge in [-0.15, -0.1) is 12.4 Å². The molecule has 1 saturated heterocycles. The van der Waals surface area contributed by atoms with Crippen molar-refractivity contribution in [3.8, 4) is 0 Å². The van der Waals surface area contributed by atoms with Crippen LogP contribution in [0.25, 0.3) is 0 Å². The zero-order valence-electron chi connectivity index (χ0n) is 8.82. The fourth-order valence-electron chi connectivity index (χ4n) is 2.38. The monoisotopic (exact) mass is 234 g/mol. The number of piperazine rings is 1. The van der Waals surface area contributed by atoms with E-state index < -0.39 is 0 Å². The molecule has 0 unspecified atom stereocenters. The van der Waals surface area contributed by atoms with E-state index in [1.807, 2.05) is 4.90 Å². The minimum absolute atomic E-state index is 0. The van der Waals surface area contributed by atoms with Crippen molar-refractivity contribution in [3.63, 3.8) is 0 Å². The summed E-state index contributed by atoms with van der Waals surface area (Å²) in [6.45, 7) is 2.23. The fourth-order valence-corrected chi connectivity index (χ4v) is 2.38. The first-order chi connectivity index (χ1) is 6.77. The summed E-state index contributed by atoms with van der Waals surface area (Å²) in [6.07, 6.45) is 3.49. The lowest BCUT2D eigenvalue weighted by Crippen LogP contribution is -2.53. The predicted molar refractivity (Wildman–Crippen MR) is 60.1 cm³/mol. The molecule has 2 N–H and O–H groups in total. The topological polar surface area (TPSA) is 52.6 Å². The molecule has 0 aromatic carbocycles. The van der Waals surface area contributed by atoms with Gasteiger partial charge in [-0.3, -0.25) is 4.79 Å². The largest absolute Gasteiger partial charge is 0.393 e. The van der Waals surface area contributed by atoms with Crippen molar-refractivity contribution in [2.75, 3.05) is 19.6 Å². The molecule has 1 amide bonds. The third kappa shape index (κ3) is 3.06. The van der Waals surface area contributed by atoms with Crippen LogP contribution in [0.15, 0.2) is 0 Å². The minimum Gasteiger partial charge on any atom is -0.393 e. The molecule has 0 aromatic heterocycles. The molecule has 2 rings (SSSR count). The Morgan fingerprint density at radius 2 is 1.93 bits per heavy atom. The van der Waals surface area contributed by atoms with E-state index in [-0.39, 0.29) is 24.4 Å². The van der Waals surface area contributed by atoms with Gasteiger partial charge in [0.15, 0.2) is 0 Å². The van der Waals surface area contributed by atoms with Crippen LogP contribution in [0.2, 0.25) is 0 Å². The summed E-state index contributed by atoms with van der Waals surface area (Å²) < 4.78 is 0. The molecule has 1 saturated carbocycles. The number of aliphatic hydroxyl groups excluding tert-OH is 1. The lowest BCUT2D eigenvalue weighted by molar-refractivity contribution is -0.135. The smallest absolute Gasteiger partial charge is 0.236 e. The Balaban J connectivity index is 0.00000112. The van der Waals surface area contributed by atoms with Crippen molar-refractivity contribution in [2.45, 2.75) is 37.8 Å². The van der Waals surface area contributed by atoms with Crippen LogP contribution in [0.3, 0.4) is 0 Å². The molecule has 1 aliphatic carbocycles. The van der Waals surface area contributed by atoms with E-state index >= 15 is 0 Å². The van der Waals surface area contributed by atoms with Crippen molar-refractivity contribution in [3.05, 3.63) is 0 Å². The van der Waals surface area contributed by atoms with Gasteiger partial charge in [0, 0.05) is 19.1 Å². The van der Waals surface area contributed by atoms with Crippen LogP contribution in [0.4, 0.5) is 0 Å². The highest BCUT2D eigenvalue weighted by atomic mass is 35.5. The zero-order valence-corrected chi connectivity index (χ0v) is 9.63. The molecule has 2 fully saturated rings. The fraction of sp³-hybridized carbons (Fsp3) is 0.900. The maximum atomic E-state index is 11.6. The standard InChI is InChI=1S/C10H18N2O2.ClH/c13-9-3-1-8(2-4-9)12-6-5-11-7-10(12)14;/h8-9,11,13H,1-7H2;1H. The Morgan fingerprint density at radius 3 is 2.53 bits per heavy atom. The molecule has 0 spiro atoms. The van der Waals surface area contributed by atoms with E-state index in [1.165, 1.54) is 0 Å². The Hall–Kier alpha value is -0.320. The predicted octanol–water partition coefficient (Wildman–Crippen LogP) is 0.143. The molecule has 4 nitrogen and oxygen atoms in total. The lowest BCUT2D eigenvalue weighted by atomic mass is 9.91. The summed E-state index contributed by atoms with van der Waals surface area (Å²) in [5, 5.41) is 12.4. The molecule has 5 heteroatoms. The Kier molecular flexibility index (Phi) is 4.83. The van der Waals surface area contributed by atoms with Crippen LogP contribution in [0.1, 0.15) is 25.7 Å². The molecular weight excluding hydrogens is 216 g/mol. The average Bonchev–Trinajstić information content (AvgIpc) is 2.20. The van der Waals surface area contributed by atoms with Crippen LogP contribution in [-0.2, 0) is 4.79 Å². The van der Waals surface area contributed by atoms with Crippen LogP contribution < -0.4 is 5.32 Å². The molecule has 88 valence electrons. The molecule has 2 aliphatic rings. The van der Waals surface area contributed by atoms with Gasteiger partial charge in [0.05, 0.1) is 12.6 Å². The number of hydrogen-bond donors (Lipinski definition) is 2. The van der Waals surface area contributed by atoms with Crippen molar-refractivity contribution in [1.82, 2.24) is 10.2 Å². The number of halogens is 1. The van der Waals surface area contributed by atoms with Gasteiger partial charge >= 0.3 is 0 Å². The first-order valence-electron chi connectivity index (χ1n) is 5.45. The number of carbonyl (C=O) groups excluding carboxylic acids is 1. The summed E-state index contributed by atoms with van der Waals surface area (Å²) in [5.74, 6) is 0.220. The summed E-state index contributed by atoms with van der Waals surface area (Å²) in [7, 11) is 0. The molecule has 15 heavy (non-hydrogen) atoms. The van der Waals surface area contributed by atoms with Gasteiger partial charge in [-0.05, 0) is 25.7 Å². The normalized spacial score (nSPS) is 32.3. The van der Waals surface area contributed by atoms with Gasteiger partial charge in [0.25, 0.3) is 0 Å². The average molecular weight is 235 g/mol. The second-order valence-electron chi connectivity index (χ2n) is 4.23. The maximum Gasteiger partial charge on any atom is 0.236 e. The second-order valence-corrected chi connectivity index (χ2v) is 4.23. The first-order valence-corrected chi connectivity index (χ1v) is 5.45. The highest BCUT2D eigenvalue weighted by Crippen LogP contribution is 2.23. The van der Waals surface area contributed by atoms with Gasteiger partial charge in [0.1, 0.15) is 0 Å². The molecule has 0 atom stereocenters. The minimum atomic E-state index is -0.135. The Morgan fingerprint density at radius 1 is 1.27 bits per heavy atom. The van der Waals surface area contributed by atoms with Crippen molar-refractivity contribution >= 4 is 18.3 Å². The summed E-state index contributed by atoms with van der Waals surface area (Å²) in [5.41, 5.74) is 0. The lowest BCUT2D eigenvalue weighted by Gasteiger charge is -2.38. The van der Waals surface area contributed by atoms with Crippen LogP contribution in [0.5, 0.6) is 0 Å². The van der Waals surface area contributed by atoms with Gasteiger partial charge in [-0.1, -0.05) is 0 Å². The van der Waals surface area contributed by atoms with Crippen molar-refractivity contribution in [2.24, 2.45) is 0 Å². The van der Waals surface area contributed by atoms with E-state index in [0.717, 1.165) is 38.8 Å². The third-order valence-electron chi connectivity index (χ3n) is 3.23. The molecule has 0 radical (unpaired) electrons. The van der Waals surface area contributed by atoms with Gasteiger partial charge in [-0.25, -0.2) is 0 Å². The highest BCUT2D eigenvalue weighted by Gasteiger charge is 2.29. The van der Waals surface area contributed by atoms with E-state index in [2.05, 4.69) is 5.32 Å². The number of rotatable bonds is 1. The number of carbonyl (C=O) groups is 1. The van der Waals surface area contributed by atoms with E-state index in [4.69, 9.17) is 0 Å². The first kappa shape index (κ1) is 12.7.